The van der Waals surface area contributed by atoms with Crippen LogP contribution in [0.25, 0.3) is 16.6 Å². The summed E-state index contributed by atoms with van der Waals surface area (Å²) in [5, 5.41) is 13.1. The fourth-order valence-electron chi connectivity index (χ4n) is 6.31. The predicted octanol–water partition coefficient (Wildman–Crippen LogP) is 6.13. The second-order valence-corrected chi connectivity index (χ2v) is 11.4. The summed E-state index contributed by atoms with van der Waals surface area (Å²) in [5.41, 5.74) is 2.70. The Hall–Kier alpha value is -3.95. The average molecular weight is 574 g/mol. The quantitative estimate of drug-likeness (QED) is 0.308. The maximum Gasteiger partial charge on any atom is 0.259 e. The highest BCUT2D eigenvalue weighted by atomic mass is 16.5. The fraction of sp³-hybridized carbons (Fsp3) is 0.531. The standard InChI is InChI=1S/C28H31N7O3.2C2H6/c1-17-12-28(15-33(16-28)18(2)36)7-6-24(17)35-14-19-10-21(25(11-22(19)32-35)38-20-4-5-20)27(37)31-23-13-30-34-9-3-8-29-26(23)34;2*1-2/h3,8-11,13-14,17,20,24H,4-7,12,15-16H2,1-2H3,(H,31,37);2*1-2H3. The van der Waals surface area contributed by atoms with Gasteiger partial charge in [0, 0.05) is 55.5 Å². The monoisotopic (exact) mass is 573 g/mol. The van der Waals surface area contributed by atoms with Crippen molar-refractivity contribution >= 4 is 34.1 Å². The molecule has 7 rings (SSSR count). The van der Waals surface area contributed by atoms with Crippen molar-refractivity contribution in [1.82, 2.24) is 29.3 Å². The van der Waals surface area contributed by atoms with E-state index in [2.05, 4.69) is 33.2 Å². The third kappa shape index (κ3) is 5.71. The van der Waals surface area contributed by atoms with E-state index in [9.17, 15) is 9.59 Å². The van der Waals surface area contributed by atoms with Crippen LogP contribution < -0.4 is 10.1 Å². The van der Waals surface area contributed by atoms with E-state index in [1.165, 1.54) is 0 Å². The van der Waals surface area contributed by atoms with Gasteiger partial charge in [-0.2, -0.15) is 10.2 Å². The Morgan fingerprint density at radius 2 is 1.86 bits per heavy atom. The number of fused-ring (bicyclic) bond motifs is 2. The lowest BCUT2D eigenvalue weighted by Crippen LogP contribution is -2.60. The summed E-state index contributed by atoms with van der Waals surface area (Å²) in [5.74, 6) is 0.913. The smallest absolute Gasteiger partial charge is 0.259 e. The molecule has 224 valence electrons. The van der Waals surface area contributed by atoms with Crippen molar-refractivity contribution in [3.63, 3.8) is 0 Å². The Morgan fingerprint density at radius 3 is 2.55 bits per heavy atom. The predicted molar refractivity (Wildman–Crippen MR) is 164 cm³/mol. The number of hydrogen-bond donors (Lipinski definition) is 1. The number of rotatable bonds is 5. The first-order valence-corrected chi connectivity index (χ1v) is 15.4. The molecule has 0 radical (unpaired) electrons. The molecule has 2 atom stereocenters. The van der Waals surface area contributed by atoms with Gasteiger partial charge in [-0.3, -0.25) is 14.3 Å². The molecule has 1 aromatic carbocycles. The third-order valence-corrected chi connectivity index (χ3v) is 8.43. The molecule has 10 nitrogen and oxygen atoms in total. The fourth-order valence-corrected chi connectivity index (χ4v) is 6.31. The first kappa shape index (κ1) is 29.5. The molecule has 1 saturated heterocycles. The van der Waals surface area contributed by atoms with Gasteiger partial charge in [0.2, 0.25) is 5.91 Å². The molecular weight excluding hydrogens is 530 g/mol. The normalized spacial score (nSPS) is 20.7. The van der Waals surface area contributed by atoms with Crippen molar-refractivity contribution in [3.05, 3.63) is 48.5 Å². The van der Waals surface area contributed by atoms with E-state index in [1.54, 1.807) is 36.1 Å². The highest BCUT2D eigenvalue weighted by Crippen LogP contribution is 2.49. The first-order valence-electron chi connectivity index (χ1n) is 15.4. The summed E-state index contributed by atoms with van der Waals surface area (Å²) >= 11 is 0. The number of amides is 2. The summed E-state index contributed by atoms with van der Waals surface area (Å²) in [6, 6.07) is 5.86. The largest absolute Gasteiger partial charge is 0.490 e. The Bertz CT molecular complexity index is 1560. The van der Waals surface area contributed by atoms with Gasteiger partial charge >= 0.3 is 0 Å². The minimum Gasteiger partial charge on any atom is -0.490 e. The van der Waals surface area contributed by atoms with E-state index in [4.69, 9.17) is 9.84 Å². The average Bonchev–Trinajstić information content (AvgIpc) is 3.56. The number of nitrogens with one attached hydrogen (secondary N) is 1. The van der Waals surface area contributed by atoms with E-state index in [0.29, 0.717) is 28.6 Å². The molecule has 3 fully saturated rings. The number of carbonyl (C=O) groups excluding carboxylic acids is 2. The first-order chi connectivity index (χ1) is 20.4. The van der Waals surface area contributed by atoms with Gasteiger partial charge in [-0.05, 0) is 50.2 Å². The SMILES string of the molecule is CC.CC.CC(=O)N1CC2(CCC(n3cc4cc(C(=O)Nc5cnn6cccnc56)c(OC5CC5)cc4n3)C(C)C2)C1. The molecule has 3 aliphatic rings. The molecule has 4 aromatic rings. The zero-order valence-electron chi connectivity index (χ0n) is 25.6. The minimum atomic E-state index is -0.260. The summed E-state index contributed by atoms with van der Waals surface area (Å²) in [6.07, 6.45) is 12.5. The van der Waals surface area contributed by atoms with Gasteiger partial charge in [-0.25, -0.2) is 9.50 Å². The number of aromatic nitrogens is 5. The van der Waals surface area contributed by atoms with Gasteiger partial charge < -0.3 is 15.0 Å². The van der Waals surface area contributed by atoms with Crippen molar-refractivity contribution < 1.29 is 14.3 Å². The minimum absolute atomic E-state index is 0.145. The van der Waals surface area contributed by atoms with E-state index < -0.39 is 0 Å². The van der Waals surface area contributed by atoms with Crippen LogP contribution in [0.5, 0.6) is 5.75 Å². The number of nitrogens with zero attached hydrogens (tertiary/aromatic N) is 6. The highest BCUT2D eigenvalue weighted by molar-refractivity contribution is 6.09. The van der Waals surface area contributed by atoms with Crippen LogP contribution in [0.1, 0.15) is 90.0 Å². The second-order valence-electron chi connectivity index (χ2n) is 11.4. The summed E-state index contributed by atoms with van der Waals surface area (Å²) in [4.78, 5) is 31.4. The molecule has 3 aromatic heterocycles. The van der Waals surface area contributed by atoms with Crippen LogP contribution in [0.4, 0.5) is 5.69 Å². The van der Waals surface area contributed by atoms with Crippen LogP contribution in [-0.2, 0) is 4.79 Å². The summed E-state index contributed by atoms with van der Waals surface area (Å²) in [7, 11) is 0. The van der Waals surface area contributed by atoms with Gasteiger partial charge in [-0.15, -0.1) is 0 Å². The van der Waals surface area contributed by atoms with Crippen LogP contribution in [0.15, 0.2) is 43.0 Å². The van der Waals surface area contributed by atoms with Crippen LogP contribution in [0.2, 0.25) is 0 Å². The van der Waals surface area contributed by atoms with Crippen LogP contribution >= 0.6 is 0 Å². The zero-order chi connectivity index (χ0) is 30.0. The lowest BCUT2D eigenvalue weighted by molar-refractivity contribution is -0.145. The molecule has 42 heavy (non-hydrogen) atoms. The molecule has 10 heteroatoms. The Balaban J connectivity index is 0.000000847. The number of carbonyl (C=O) groups is 2. The van der Waals surface area contributed by atoms with Crippen LogP contribution in [0.3, 0.4) is 0 Å². The molecule has 1 aliphatic heterocycles. The van der Waals surface area contributed by atoms with Gasteiger partial charge in [0.1, 0.15) is 11.4 Å². The van der Waals surface area contributed by atoms with Crippen molar-refractivity contribution in [2.75, 3.05) is 18.4 Å². The van der Waals surface area contributed by atoms with Crippen molar-refractivity contribution in [3.8, 4) is 5.75 Å². The molecule has 2 unspecified atom stereocenters. The third-order valence-electron chi connectivity index (χ3n) is 8.43. The molecule has 1 N–H and O–H groups in total. The molecule has 0 bridgehead atoms. The number of ether oxygens (including phenoxy) is 1. The molecule has 4 heterocycles. The Labute approximate surface area is 247 Å². The Kier molecular flexibility index (Phi) is 8.52. The van der Waals surface area contributed by atoms with Crippen molar-refractivity contribution in [2.24, 2.45) is 11.3 Å². The van der Waals surface area contributed by atoms with Gasteiger partial charge in [0.05, 0.1) is 29.4 Å². The maximum absolute atomic E-state index is 13.5. The summed E-state index contributed by atoms with van der Waals surface area (Å²) in [6.45, 7) is 13.7. The molecular formula is C32H43N7O3. The van der Waals surface area contributed by atoms with Gasteiger partial charge in [-0.1, -0.05) is 34.6 Å². The molecule has 2 aliphatic carbocycles. The summed E-state index contributed by atoms with van der Waals surface area (Å²) < 4.78 is 9.88. The number of anilines is 1. The molecule has 2 saturated carbocycles. The molecule has 1 spiro atoms. The Morgan fingerprint density at radius 1 is 1.10 bits per heavy atom. The lowest BCUT2D eigenvalue weighted by Gasteiger charge is -2.55. The molecule has 2 amide bonds. The zero-order valence-corrected chi connectivity index (χ0v) is 25.6. The highest BCUT2D eigenvalue weighted by Gasteiger charge is 2.48. The van der Waals surface area contributed by atoms with Crippen molar-refractivity contribution in [1.29, 1.82) is 0 Å². The lowest BCUT2D eigenvalue weighted by atomic mass is 9.64. The number of benzene rings is 1. The van der Waals surface area contributed by atoms with Gasteiger partial charge in [0.25, 0.3) is 5.91 Å². The number of hydrogen-bond acceptors (Lipinski definition) is 6. The van der Waals surface area contributed by atoms with E-state index in [-0.39, 0.29) is 29.4 Å². The van der Waals surface area contributed by atoms with Gasteiger partial charge in [0.15, 0.2) is 5.65 Å². The maximum atomic E-state index is 13.5. The van der Waals surface area contributed by atoms with Crippen LogP contribution in [0, 0.1) is 11.3 Å². The van der Waals surface area contributed by atoms with Crippen LogP contribution in [-0.4, -0.2) is 60.3 Å². The van der Waals surface area contributed by atoms with Crippen molar-refractivity contribution in [2.45, 2.75) is 85.8 Å². The van der Waals surface area contributed by atoms with E-state index >= 15 is 0 Å². The van der Waals surface area contributed by atoms with E-state index in [1.807, 2.05) is 44.7 Å². The second kappa shape index (κ2) is 12.1. The number of likely N-dealkylation sites (tertiary alicyclic amines) is 1. The topological polar surface area (TPSA) is 107 Å². The van der Waals surface area contributed by atoms with E-state index in [0.717, 1.165) is 56.1 Å².